The number of nitrogens with zero attached hydrogens (tertiary/aromatic N) is 3. The smallest absolute Gasteiger partial charge is 0.225 e. The third-order valence-corrected chi connectivity index (χ3v) is 5.23. The molecule has 0 aliphatic carbocycles. The van der Waals surface area contributed by atoms with E-state index in [4.69, 9.17) is 0 Å². The van der Waals surface area contributed by atoms with Crippen LogP contribution in [0.25, 0.3) is 5.82 Å². The average molecular weight is 356 g/mol. The van der Waals surface area contributed by atoms with Gasteiger partial charge in [-0.25, -0.2) is 18.4 Å². The van der Waals surface area contributed by atoms with Crippen molar-refractivity contribution < 1.29 is 13.2 Å². The molecule has 0 aliphatic heterocycles. The molecular formula is C17H16N4O3S. The van der Waals surface area contributed by atoms with E-state index in [0.29, 0.717) is 11.5 Å². The molecule has 3 aromatic rings. The second-order valence-electron chi connectivity index (χ2n) is 5.31. The van der Waals surface area contributed by atoms with Gasteiger partial charge in [0.2, 0.25) is 5.91 Å². The number of carbonyl (C=O) groups is 1. The first-order valence-corrected chi connectivity index (χ1v) is 9.22. The number of benzene rings is 1. The van der Waals surface area contributed by atoms with Crippen LogP contribution in [0.15, 0.2) is 72.3 Å². The Balaban J connectivity index is 1.58. The Labute approximate surface area is 145 Å². The summed E-state index contributed by atoms with van der Waals surface area (Å²) in [6.45, 7) is 0. The summed E-state index contributed by atoms with van der Waals surface area (Å²) in [5.41, 5.74) is 0.506. The summed E-state index contributed by atoms with van der Waals surface area (Å²) in [5, 5.41) is 2.65. The number of pyridine rings is 1. The lowest BCUT2D eigenvalue weighted by atomic mass is 10.3. The van der Waals surface area contributed by atoms with E-state index in [1.807, 2.05) is 0 Å². The number of nitrogens with one attached hydrogen (secondary N) is 1. The topological polar surface area (TPSA) is 94.0 Å². The van der Waals surface area contributed by atoms with E-state index < -0.39 is 9.84 Å². The van der Waals surface area contributed by atoms with Crippen LogP contribution in [-0.4, -0.2) is 34.6 Å². The van der Waals surface area contributed by atoms with Gasteiger partial charge in [0, 0.05) is 18.8 Å². The zero-order valence-corrected chi connectivity index (χ0v) is 14.1. The van der Waals surface area contributed by atoms with Crippen molar-refractivity contribution in [2.45, 2.75) is 11.3 Å². The molecule has 0 fully saturated rings. The lowest BCUT2D eigenvalue weighted by Crippen LogP contribution is -2.17. The van der Waals surface area contributed by atoms with Gasteiger partial charge in [-0.3, -0.25) is 9.36 Å². The minimum Gasteiger partial charge on any atom is -0.325 e. The highest BCUT2D eigenvalue weighted by atomic mass is 32.2. The molecule has 25 heavy (non-hydrogen) atoms. The van der Waals surface area contributed by atoms with Gasteiger partial charge in [0.05, 0.1) is 22.5 Å². The molecule has 0 saturated heterocycles. The number of anilines is 1. The van der Waals surface area contributed by atoms with Crippen LogP contribution in [-0.2, 0) is 14.6 Å². The van der Waals surface area contributed by atoms with Crippen molar-refractivity contribution in [2.24, 2.45) is 0 Å². The van der Waals surface area contributed by atoms with Crippen molar-refractivity contribution in [3.63, 3.8) is 0 Å². The van der Waals surface area contributed by atoms with Gasteiger partial charge in [-0.05, 0) is 24.3 Å². The van der Waals surface area contributed by atoms with Crippen LogP contribution in [0.1, 0.15) is 6.42 Å². The van der Waals surface area contributed by atoms with Gasteiger partial charge < -0.3 is 5.32 Å². The first kappa shape index (κ1) is 16.8. The van der Waals surface area contributed by atoms with E-state index in [0.717, 1.165) is 0 Å². The van der Waals surface area contributed by atoms with E-state index in [-0.39, 0.29) is 23.0 Å². The maximum absolute atomic E-state index is 12.2. The SMILES string of the molecule is O=C(CCS(=O)(=O)c1ccccc1)Nc1ccc(-n2ccnc2)nc1. The Morgan fingerprint density at radius 3 is 2.56 bits per heavy atom. The molecule has 3 rings (SSSR count). The summed E-state index contributed by atoms with van der Waals surface area (Å²) in [4.78, 5) is 20.4. The number of hydrogen-bond donors (Lipinski definition) is 1. The largest absolute Gasteiger partial charge is 0.325 e. The van der Waals surface area contributed by atoms with E-state index in [2.05, 4.69) is 15.3 Å². The van der Waals surface area contributed by atoms with Gasteiger partial charge in [0.25, 0.3) is 0 Å². The number of rotatable bonds is 6. The highest BCUT2D eigenvalue weighted by molar-refractivity contribution is 7.91. The monoisotopic (exact) mass is 356 g/mol. The molecule has 0 radical (unpaired) electrons. The number of hydrogen-bond acceptors (Lipinski definition) is 5. The fraction of sp³-hybridized carbons (Fsp3) is 0.118. The van der Waals surface area contributed by atoms with Crippen LogP contribution >= 0.6 is 0 Å². The fourth-order valence-electron chi connectivity index (χ4n) is 2.20. The van der Waals surface area contributed by atoms with Crippen molar-refractivity contribution in [1.29, 1.82) is 0 Å². The van der Waals surface area contributed by atoms with Crippen LogP contribution in [0, 0.1) is 0 Å². The highest BCUT2D eigenvalue weighted by Gasteiger charge is 2.16. The molecule has 1 amide bonds. The molecule has 0 saturated carbocycles. The van der Waals surface area contributed by atoms with Crippen molar-refractivity contribution in [1.82, 2.24) is 14.5 Å². The van der Waals surface area contributed by atoms with Crippen LogP contribution < -0.4 is 5.32 Å². The standard InChI is InChI=1S/C17H16N4O3S/c22-17(8-11-25(23,24)15-4-2-1-3-5-15)20-14-6-7-16(19-12-14)21-10-9-18-13-21/h1-7,9-10,12-13H,8,11H2,(H,20,22). The van der Waals surface area contributed by atoms with Crippen molar-refractivity contribution >= 4 is 21.4 Å². The number of imidazole rings is 1. The first-order valence-electron chi connectivity index (χ1n) is 7.57. The molecule has 2 aromatic heterocycles. The molecule has 0 aliphatic rings. The summed E-state index contributed by atoms with van der Waals surface area (Å²) in [6.07, 6.45) is 6.41. The quantitative estimate of drug-likeness (QED) is 0.730. The molecule has 0 spiro atoms. The van der Waals surface area contributed by atoms with Gasteiger partial charge in [-0.15, -0.1) is 0 Å². The second-order valence-corrected chi connectivity index (χ2v) is 7.41. The van der Waals surface area contributed by atoms with Crippen LogP contribution in [0.4, 0.5) is 5.69 Å². The fourth-order valence-corrected chi connectivity index (χ4v) is 3.47. The highest BCUT2D eigenvalue weighted by Crippen LogP contribution is 2.13. The van der Waals surface area contributed by atoms with Gasteiger partial charge in [-0.1, -0.05) is 18.2 Å². The summed E-state index contributed by atoms with van der Waals surface area (Å²) < 4.78 is 26.1. The summed E-state index contributed by atoms with van der Waals surface area (Å²) in [6, 6.07) is 11.5. The predicted molar refractivity (Wildman–Crippen MR) is 93.1 cm³/mol. The molecular weight excluding hydrogens is 340 g/mol. The Morgan fingerprint density at radius 2 is 1.92 bits per heavy atom. The molecule has 1 aromatic carbocycles. The normalized spacial score (nSPS) is 11.2. The maximum Gasteiger partial charge on any atom is 0.225 e. The Kier molecular flexibility index (Phi) is 4.90. The maximum atomic E-state index is 12.2. The molecule has 7 nitrogen and oxygen atoms in total. The third kappa shape index (κ3) is 4.30. The molecule has 0 atom stereocenters. The summed E-state index contributed by atoms with van der Waals surface area (Å²) in [5.74, 6) is 0.0440. The number of carbonyl (C=O) groups excluding carboxylic acids is 1. The van der Waals surface area contributed by atoms with Gasteiger partial charge in [0.1, 0.15) is 12.1 Å². The average Bonchev–Trinajstić information content (AvgIpc) is 3.16. The Hall–Kier alpha value is -3.00. The van der Waals surface area contributed by atoms with E-state index in [9.17, 15) is 13.2 Å². The second kappa shape index (κ2) is 7.27. The molecule has 128 valence electrons. The summed E-state index contributed by atoms with van der Waals surface area (Å²) >= 11 is 0. The zero-order chi connectivity index (χ0) is 17.7. The minimum absolute atomic E-state index is 0.125. The van der Waals surface area contributed by atoms with Crippen LogP contribution in [0.2, 0.25) is 0 Å². The summed E-state index contributed by atoms with van der Waals surface area (Å²) in [7, 11) is -3.47. The van der Waals surface area contributed by atoms with Crippen molar-refractivity contribution in [2.75, 3.05) is 11.1 Å². The van der Waals surface area contributed by atoms with Gasteiger partial charge in [-0.2, -0.15) is 0 Å². The number of amides is 1. The molecule has 0 unspecified atom stereocenters. The predicted octanol–water partition coefficient (Wildman–Crippen LogP) is 2.07. The first-order chi connectivity index (χ1) is 12.0. The Bertz CT molecular complexity index is 937. The lowest BCUT2D eigenvalue weighted by molar-refractivity contribution is -0.115. The van der Waals surface area contributed by atoms with E-state index >= 15 is 0 Å². The molecule has 8 heteroatoms. The lowest BCUT2D eigenvalue weighted by Gasteiger charge is -2.07. The van der Waals surface area contributed by atoms with E-state index in [1.54, 1.807) is 53.6 Å². The van der Waals surface area contributed by atoms with Gasteiger partial charge in [0.15, 0.2) is 9.84 Å². The third-order valence-electron chi connectivity index (χ3n) is 3.50. The van der Waals surface area contributed by atoms with Crippen LogP contribution in [0.3, 0.4) is 0 Å². The van der Waals surface area contributed by atoms with Crippen molar-refractivity contribution in [3.05, 3.63) is 67.4 Å². The van der Waals surface area contributed by atoms with Crippen LogP contribution in [0.5, 0.6) is 0 Å². The van der Waals surface area contributed by atoms with Gasteiger partial charge >= 0.3 is 0 Å². The van der Waals surface area contributed by atoms with E-state index in [1.165, 1.54) is 18.3 Å². The number of sulfone groups is 1. The zero-order valence-electron chi connectivity index (χ0n) is 13.2. The van der Waals surface area contributed by atoms with Crippen molar-refractivity contribution in [3.8, 4) is 5.82 Å². The molecule has 1 N–H and O–H groups in total. The number of aromatic nitrogens is 3. The molecule has 0 bridgehead atoms. The minimum atomic E-state index is -3.47. The molecule has 2 heterocycles. The Morgan fingerprint density at radius 1 is 1.12 bits per heavy atom.